The molecule has 0 spiro atoms. The minimum Gasteiger partial charge on any atom is -0.407 e. The molecule has 146 valence electrons. The Morgan fingerprint density at radius 2 is 1.86 bits per heavy atom. The number of amides is 1. The van der Waals surface area contributed by atoms with Crippen LogP contribution in [0.1, 0.15) is 30.1 Å². The normalized spacial score (nSPS) is 11.5. The summed E-state index contributed by atoms with van der Waals surface area (Å²) in [7, 11) is -3.61. The maximum Gasteiger partial charge on any atom is 0.322 e. The number of nitrogens with one attached hydrogen (secondary N) is 1. The minimum atomic E-state index is -3.61. The summed E-state index contributed by atoms with van der Waals surface area (Å²) in [5, 5.41) is 10.3. The molecule has 9 heteroatoms. The molecule has 7 nitrogen and oxygen atoms in total. The average molecular weight is 418 g/mol. The number of carbonyl (C=O) groups excluding carboxylic acids is 1. The van der Waals surface area contributed by atoms with Crippen LogP contribution < -0.4 is 5.32 Å². The van der Waals surface area contributed by atoms with Crippen molar-refractivity contribution in [1.29, 1.82) is 0 Å². The van der Waals surface area contributed by atoms with E-state index < -0.39 is 21.5 Å². The van der Waals surface area contributed by atoms with Crippen molar-refractivity contribution in [3.63, 3.8) is 0 Å². The van der Waals surface area contributed by atoms with Gasteiger partial charge in [-0.25, -0.2) is 8.42 Å². The Labute approximate surface area is 167 Å². The molecule has 0 fully saturated rings. The van der Waals surface area contributed by atoms with Crippen LogP contribution in [-0.2, 0) is 15.6 Å². The van der Waals surface area contributed by atoms with Crippen molar-refractivity contribution in [2.75, 3.05) is 5.32 Å². The lowest BCUT2D eigenvalue weighted by atomic mass is 10.2. The molecule has 1 N–H and O–H groups in total. The molecular formula is C19H19N3O4S2. The summed E-state index contributed by atoms with van der Waals surface area (Å²) in [5.41, 5.74) is 0.447. The topological polar surface area (TPSA) is 102 Å². The van der Waals surface area contributed by atoms with Crippen molar-refractivity contribution >= 4 is 33.5 Å². The Balaban J connectivity index is 1.69. The Morgan fingerprint density at radius 3 is 2.57 bits per heavy atom. The molecule has 0 saturated heterocycles. The highest BCUT2D eigenvalue weighted by molar-refractivity contribution is 7.99. The average Bonchev–Trinajstić information content (AvgIpc) is 3.08. The van der Waals surface area contributed by atoms with E-state index in [4.69, 9.17) is 4.42 Å². The van der Waals surface area contributed by atoms with Gasteiger partial charge in [-0.05, 0) is 30.3 Å². The van der Waals surface area contributed by atoms with E-state index in [1.54, 1.807) is 48.2 Å². The molecule has 0 aliphatic carbocycles. The van der Waals surface area contributed by atoms with Crippen molar-refractivity contribution in [1.82, 2.24) is 10.2 Å². The molecular weight excluding hydrogens is 398 g/mol. The number of nitrogens with zero attached hydrogens (tertiary/aromatic N) is 2. The number of anilines is 1. The van der Waals surface area contributed by atoms with E-state index in [9.17, 15) is 13.2 Å². The third-order valence-electron chi connectivity index (χ3n) is 3.57. The highest BCUT2D eigenvalue weighted by Crippen LogP contribution is 2.24. The van der Waals surface area contributed by atoms with Gasteiger partial charge in [0.2, 0.25) is 5.89 Å². The van der Waals surface area contributed by atoms with Gasteiger partial charge in [-0.2, -0.15) is 0 Å². The number of benzene rings is 2. The van der Waals surface area contributed by atoms with Gasteiger partial charge in [-0.3, -0.25) is 10.1 Å². The van der Waals surface area contributed by atoms with Crippen LogP contribution in [0.4, 0.5) is 6.01 Å². The van der Waals surface area contributed by atoms with Crippen LogP contribution in [0.5, 0.6) is 0 Å². The third kappa shape index (κ3) is 5.20. The van der Waals surface area contributed by atoms with Gasteiger partial charge < -0.3 is 4.42 Å². The first-order valence-electron chi connectivity index (χ1n) is 8.52. The van der Waals surface area contributed by atoms with Crippen molar-refractivity contribution in [3.8, 4) is 0 Å². The molecule has 28 heavy (non-hydrogen) atoms. The van der Waals surface area contributed by atoms with Gasteiger partial charge >= 0.3 is 6.01 Å². The number of hydrogen-bond donors (Lipinski definition) is 1. The van der Waals surface area contributed by atoms with Crippen LogP contribution in [0.15, 0.2) is 68.8 Å². The van der Waals surface area contributed by atoms with Gasteiger partial charge in [0.05, 0.1) is 4.90 Å². The SMILES string of the molecule is CC(C)Sc1cccc(C(=O)Nc2nnc(CS(=O)(=O)c3ccccc3)o2)c1. The number of hydrogen-bond acceptors (Lipinski definition) is 7. The summed E-state index contributed by atoms with van der Waals surface area (Å²) < 4.78 is 30.0. The second-order valence-electron chi connectivity index (χ2n) is 6.22. The summed E-state index contributed by atoms with van der Waals surface area (Å²) >= 11 is 1.65. The van der Waals surface area contributed by atoms with Gasteiger partial charge in [0.15, 0.2) is 9.84 Å². The third-order valence-corrected chi connectivity index (χ3v) is 6.19. The van der Waals surface area contributed by atoms with Crippen LogP contribution in [0.3, 0.4) is 0 Å². The van der Waals surface area contributed by atoms with Crippen molar-refractivity contribution < 1.29 is 17.6 Å². The maximum atomic E-state index is 12.4. The lowest BCUT2D eigenvalue weighted by Crippen LogP contribution is -2.12. The lowest BCUT2D eigenvalue weighted by Gasteiger charge is -2.06. The van der Waals surface area contributed by atoms with Crippen LogP contribution in [0.25, 0.3) is 0 Å². The van der Waals surface area contributed by atoms with Gasteiger partial charge in [-0.1, -0.05) is 43.2 Å². The van der Waals surface area contributed by atoms with Crippen LogP contribution in [-0.4, -0.2) is 29.8 Å². The Morgan fingerprint density at radius 1 is 1.11 bits per heavy atom. The van der Waals surface area contributed by atoms with Gasteiger partial charge in [0.25, 0.3) is 5.91 Å². The van der Waals surface area contributed by atoms with E-state index >= 15 is 0 Å². The molecule has 0 bridgehead atoms. The quantitative estimate of drug-likeness (QED) is 0.583. The van der Waals surface area contributed by atoms with E-state index in [2.05, 4.69) is 29.4 Å². The zero-order valence-electron chi connectivity index (χ0n) is 15.3. The van der Waals surface area contributed by atoms with Gasteiger partial charge in [0.1, 0.15) is 5.75 Å². The van der Waals surface area contributed by atoms with E-state index in [0.29, 0.717) is 10.8 Å². The van der Waals surface area contributed by atoms with Crippen molar-refractivity contribution in [3.05, 3.63) is 66.1 Å². The molecule has 0 aliphatic heterocycles. The molecule has 0 radical (unpaired) electrons. The van der Waals surface area contributed by atoms with E-state index in [0.717, 1.165) is 4.90 Å². The maximum absolute atomic E-state index is 12.4. The zero-order valence-corrected chi connectivity index (χ0v) is 17.0. The van der Waals surface area contributed by atoms with Crippen molar-refractivity contribution in [2.24, 2.45) is 0 Å². The summed E-state index contributed by atoms with van der Waals surface area (Å²) in [4.78, 5) is 13.5. The number of aromatic nitrogens is 2. The first kappa shape index (κ1) is 20.1. The molecule has 0 saturated carbocycles. The molecule has 1 amide bonds. The minimum absolute atomic E-state index is 0.0942. The monoisotopic (exact) mass is 417 g/mol. The fourth-order valence-corrected chi connectivity index (χ4v) is 4.46. The molecule has 0 aliphatic rings. The highest BCUT2D eigenvalue weighted by Gasteiger charge is 2.20. The first-order valence-corrected chi connectivity index (χ1v) is 11.0. The molecule has 1 aromatic heterocycles. The van der Waals surface area contributed by atoms with Crippen LogP contribution in [0.2, 0.25) is 0 Å². The Kier molecular flexibility index (Phi) is 6.15. The first-order chi connectivity index (χ1) is 13.3. The Bertz CT molecular complexity index is 1060. The van der Waals surface area contributed by atoms with Crippen molar-refractivity contribution in [2.45, 2.75) is 34.6 Å². The summed E-state index contributed by atoms with van der Waals surface area (Å²) in [6.45, 7) is 4.14. The smallest absolute Gasteiger partial charge is 0.322 e. The molecule has 2 aromatic carbocycles. The van der Waals surface area contributed by atoms with Gasteiger partial charge in [0, 0.05) is 15.7 Å². The lowest BCUT2D eigenvalue weighted by molar-refractivity contribution is 0.102. The predicted molar refractivity (Wildman–Crippen MR) is 107 cm³/mol. The summed E-state index contributed by atoms with van der Waals surface area (Å²) in [5.74, 6) is -0.948. The van der Waals surface area contributed by atoms with Crippen LogP contribution >= 0.6 is 11.8 Å². The predicted octanol–water partition coefficient (Wildman–Crippen LogP) is 3.80. The largest absolute Gasteiger partial charge is 0.407 e. The number of thioether (sulfide) groups is 1. The van der Waals surface area contributed by atoms with E-state index in [1.165, 1.54) is 12.1 Å². The number of sulfone groups is 1. The Hall–Kier alpha value is -2.65. The van der Waals surface area contributed by atoms with Gasteiger partial charge in [-0.15, -0.1) is 16.9 Å². The fraction of sp³-hybridized carbons (Fsp3) is 0.211. The van der Waals surface area contributed by atoms with Crippen LogP contribution in [0, 0.1) is 0 Å². The molecule has 1 heterocycles. The second kappa shape index (κ2) is 8.57. The summed E-state index contributed by atoms with van der Waals surface area (Å²) in [6, 6.07) is 15.0. The summed E-state index contributed by atoms with van der Waals surface area (Å²) in [6.07, 6.45) is 0. The molecule has 3 aromatic rings. The fourth-order valence-electron chi connectivity index (χ4n) is 2.39. The number of carbonyl (C=O) groups is 1. The zero-order chi connectivity index (χ0) is 20.1. The molecule has 0 atom stereocenters. The molecule has 3 rings (SSSR count). The second-order valence-corrected chi connectivity index (χ2v) is 9.86. The standard InChI is InChI=1S/C19H19N3O4S2/c1-13(2)27-15-8-6-7-14(11-15)18(23)20-19-22-21-17(26-19)12-28(24,25)16-9-4-3-5-10-16/h3-11,13H,12H2,1-2H3,(H,20,22,23). The highest BCUT2D eigenvalue weighted by atomic mass is 32.2. The molecule has 0 unspecified atom stereocenters. The van der Waals surface area contributed by atoms with E-state index in [1.807, 2.05) is 6.07 Å². The number of rotatable bonds is 7. The van der Waals surface area contributed by atoms with E-state index in [-0.39, 0.29) is 16.8 Å².